The van der Waals surface area contributed by atoms with Gasteiger partial charge in [-0.25, -0.2) is 0 Å². The molecule has 1 aliphatic heterocycles. The molecule has 1 heterocycles. The summed E-state index contributed by atoms with van der Waals surface area (Å²) < 4.78 is 0. The molecule has 0 amide bonds. The van der Waals surface area contributed by atoms with Gasteiger partial charge in [0.25, 0.3) is 0 Å². The molecule has 0 aliphatic carbocycles. The molecule has 2 unspecified atom stereocenters. The summed E-state index contributed by atoms with van der Waals surface area (Å²) in [4.78, 5) is 0. The predicted octanol–water partition coefficient (Wildman–Crippen LogP) is 3.33. The van der Waals surface area contributed by atoms with Crippen molar-refractivity contribution in [2.45, 2.75) is 25.4 Å². The van der Waals surface area contributed by atoms with Gasteiger partial charge in [-0.15, -0.1) is 0 Å². The highest BCUT2D eigenvalue weighted by atomic mass is 32.7. The first-order chi connectivity index (χ1) is 6.29. The molecule has 0 spiro atoms. The Morgan fingerprint density at radius 1 is 1.31 bits per heavy atom. The maximum absolute atomic E-state index is 5.56. The van der Waals surface area contributed by atoms with Gasteiger partial charge in [0.05, 0.1) is 5.66 Å². The molecule has 1 aliphatic rings. The van der Waals surface area contributed by atoms with E-state index in [0.717, 1.165) is 5.66 Å². The molecule has 0 N–H and O–H groups in total. The monoisotopic (exact) mass is 208 g/mol. The summed E-state index contributed by atoms with van der Waals surface area (Å²) in [6, 6.07) is 10.6. The third-order valence-corrected chi connectivity index (χ3v) is 6.39. The molecule has 0 fully saturated rings. The van der Waals surface area contributed by atoms with Gasteiger partial charge >= 0.3 is 0 Å². The first-order valence-electron chi connectivity index (χ1n) is 4.66. The van der Waals surface area contributed by atoms with Crippen LogP contribution in [0.2, 0.25) is 0 Å². The second kappa shape index (κ2) is 3.86. The summed E-state index contributed by atoms with van der Waals surface area (Å²) in [5.74, 6) is 0. The molecule has 0 bridgehead atoms. The molecular weight excluding hydrogens is 195 g/mol. The standard InChI is InChI=1S/C11H13PS/c1-9-7-8-11(12(9)13)10-5-3-2-4-6-10/h2-6,9H,7-8H2,1H3. The van der Waals surface area contributed by atoms with Crippen molar-refractivity contribution in [1.29, 1.82) is 0 Å². The minimum Gasteiger partial charge on any atom is -0.492 e. The maximum Gasteiger partial charge on any atom is 0.106 e. The van der Waals surface area contributed by atoms with Crippen molar-refractivity contribution in [2.24, 2.45) is 0 Å². The van der Waals surface area contributed by atoms with Crippen LogP contribution in [0.3, 0.4) is 0 Å². The lowest BCUT2D eigenvalue weighted by Gasteiger charge is -2.02. The Morgan fingerprint density at radius 3 is 2.54 bits per heavy atom. The van der Waals surface area contributed by atoms with Crippen molar-refractivity contribution in [3.8, 4) is 0 Å². The number of hydrogen-bond acceptors (Lipinski definition) is 1. The van der Waals surface area contributed by atoms with Crippen LogP contribution in [-0.4, -0.2) is 11.0 Å². The molecule has 0 aromatic heterocycles. The second-order valence-corrected chi connectivity index (χ2v) is 6.78. The molecular formula is C11H13PS. The van der Waals surface area contributed by atoms with Crippen molar-refractivity contribution >= 4 is 24.3 Å². The van der Waals surface area contributed by atoms with Crippen molar-refractivity contribution in [2.75, 3.05) is 0 Å². The number of hydrogen-bond donors (Lipinski definition) is 0. The third-order valence-electron chi connectivity index (χ3n) is 2.57. The zero-order valence-electron chi connectivity index (χ0n) is 7.73. The highest BCUT2D eigenvalue weighted by molar-refractivity contribution is 8.33. The van der Waals surface area contributed by atoms with Crippen LogP contribution >= 0.6 is 6.75 Å². The zero-order valence-corrected chi connectivity index (χ0v) is 9.44. The van der Waals surface area contributed by atoms with E-state index >= 15 is 0 Å². The summed E-state index contributed by atoms with van der Waals surface area (Å²) in [5.41, 5.74) is 2.13. The van der Waals surface area contributed by atoms with Crippen LogP contribution < -0.4 is 0 Å². The molecule has 68 valence electrons. The van der Waals surface area contributed by atoms with E-state index in [1.165, 1.54) is 23.7 Å². The maximum atomic E-state index is 5.56. The van der Waals surface area contributed by atoms with E-state index < -0.39 is 0 Å². The molecule has 1 aromatic carbocycles. The third kappa shape index (κ3) is 1.82. The van der Waals surface area contributed by atoms with Crippen molar-refractivity contribution < 1.29 is 0 Å². The Kier molecular flexibility index (Phi) is 2.76. The van der Waals surface area contributed by atoms with Crippen LogP contribution in [-0.2, 0) is 12.2 Å². The largest absolute Gasteiger partial charge is 0.492 e. The van der Waals surface area contributed by atoms with E-state index in [9.17, 15) is 0 Å². The molecule has 0 saturated carbocycles. The Hall–Kier alpha value is -0.260. The van der Waals surface area contributed by atoms with Gasteiger partial charge in [0.15, 0.2) is 0 Å². The molecule has 13 heavy (non-hydrogen) atoms. The Bertz CT molecular complexity index is 329. The van der Waals surface area contributed by atoms with Gasteiger partial charge in [-0.05, 0) is 20.1 Å². The highest BCUT2D eigenvalue weighted by Crippen LogP contribution is 2.41. The fourth-order valence-electron chi connectivity index (χ4n) is 1.74. The summed E-state index contributed by atoms with van der Waals surface area (Å²) >= 11 is 5.56. The van der Waals surface area contributed by atoms with Crippen LogP contribution in [0.15, 0.2) is 30.3 Å². The number of rotatable bonds is 1. The van der Waals surface area contributed by atoms with E-state index in [2.05, 4.69) is 37.3 Å². The fraction of sp³-hybridized carbons (Fsp3) is 0.364. The molecule has 2 rings (SSSR count). The first-order valence-corrected chi connectivity index (χ1v) is 7.09. The topological polar surface area (TPSA) is 0 Å². The van der Waals surface area contributed by atoms with Crippen molar-refractivity contribution in [3.05, 3.63) is 35.9 Å². The van der Waals surface area contributed by atoms with Crippen molar-refractivity contribution in [3.63, 3.8) is 0 Å². The Morgan fingerprint density at radius 2 is 2.00 bits per heavy atom. The summed E-state index contributed by atoms with van der Waals surface area (Å²) in [6.07, 6.45) is 2.51. The fourth-order valence-corrected chi connectivity index (χ4v) is 4.30. The minimum absolute atomic E-state index is 0.266. The quantitative estimate of drug-likeness (QED) is 0.504. The van der Waals surface area contributed by atoms with Crippen LogP contribution in [0, 0.1) is 0 Å². The van der Waals surface area contributed by atoms with E-state index in [1.54, 1.807) is 0 Å². The van der Waals surface area contributed by atoms with Crippen LogP contribution in [0.25, 0.3) is 0 Å². The smallest absolute Gasteiger partial charge is 0.106 e. The Labute approximate surface area is 85.9 Å². The molecule has 0 saturated heterocycles. The van der Waals surface area contributed by atoms with Crippen LogP contribution in [0.4, 0.5) is 0 Å². The number of benzene rings is 1. The average molecular weight is 208 g/mol. The summed E-state index contributed by atoms with van der Waals surface area (Å²) in [6.45, 7) is 2.02. The van der Waals surface area contributed by atoms with Gasteiger partial charge in [0.2, 0.25) is 0 Å². The predicted molar refractivity (Wildman–Crippen MR) is 63.5 cm³/mol. The zero-order chi connectivity index (χ0) is 9.26. The first kappa shape index (κ1) is 9.30. The van der Waals surface area contributed by atoms with Gasteiger partial charge < -0.3 is 12.2 Å². The van der Waals surface area contributed by atoms with Gasteiger partial charge in [0, 0.05) is 12.0 Å². The second-order valence-electron chi connectivity index (χ2n) is 3.53. The van der Waals surface area contributed by atoms with Gasteiger partial charge in [0.1, 0.15) is 5.29 Å². The SMILES string of the molecule is CC1CCC(c2ccccc2)=[P+]1[S-]. The molecule has 2 heteroatoms. The Balaban J connectivity index is 2.38. The van der Waals surface area contributed by atoms with Gasteiger partial charge in [-0.2, -0.15) is 0 Å². The van der Waals surface area contributed by atoms with E-state index in [4.69, 9.17) is 12.2 Å². The summed E-state index contributed by atoms with van der Waals surface area (Å²) in [5, 5.41) is 1.54. The lowest BCUT2D eigenvalue weighted by molar-refractivity contribution is 0.874. The molecule has 2 atom stereocenters. The average Bonchev–Trinajstić information content (AvgIpc) is 2.49. The van der Waals surface area contributed by atoms with Crippen LogP contribution in [0.5, 0.6) is 0 Å². The lowest BCUT2D eigenvalue weighted by atomic mass is 10.1. The van der Waals surface area contributed by atoms with Gasteiger partial charge in [-0.1, -0.05) is 30.3 Å². The van der Waals surface area contributed by atoms with Gasteiger partial charge in [-0.3, -0.25) is 0 Å². The summed E-state index contributed by atoms with van der Waals surface area (Å²) in [7, 11) is 0. The molecule has 0 nitrogen and oxygen atoms in total. The lowest BCUT2D eigenvalue weighted by Crippen LogP contribution is -1.93. The normalized spacial score (nSPS) is 25.2. The van der Waals surface area contributed by atoms with E-state index in [-0.39, 0.29) is 6.75 Å². The molecule has 0 radical (unpaired) electrons. The molecule has 1 aromatic rings. The van der Waals surface area contributed by atoms with E-state index in [0.29, 0.717) is 0 Å². The van der Waals surface area contributed by atoms with E-state index in [1.807, 2.05) is 0 Å². The van der Waals surface area contributed by atoms with Crippen LogP contribution in [0.1, 0.15) is 25.3 Å². The van der Waals surface area contributed by atoms with Crippen molar-refractivity contribution in [1.82, 2.24) is 0 Å². The highest BCUT2D eigenvalue weighted by Gasteiger charge is 2.24. The minimum atomic E-state index is -0.266.